The van der Waals surface area contributed by atoms with Gasteiger partial charge in [-0.05, 0) is 31.0 Å². The molecule has 0 bridgehead atoms. The van der Waals surface area contributed by atoms with Crippen LogP contribution in [0.5, 0.6) is 0 Å². The fraction of sp³-hybridized carbons (Fsp3) is 0.640. The number of nitrogens with one attached hydrogen (secondary N) is 3. The summed E-state index contributed by atoms with van der Waals surface area (Å²) in [6.45, 7) is 4.05. The van der Waals surface area contributed by atoms with Gasteiger partial charge in [-0.25, -0.2) is 0 Å². The number of rotatable bonds is 16. The first-order chi connectivity index (χ1) is 15.4. The molecule has 0 aromatic heterocycles. The highest BCUT2D eigenvalue weighted by Gasteiger charge is 2.10. The molecule has 3 N–H and O–H groups in total. The van der Waals surface area contributed by atoms with Gasteiger partial charge < -0.3 is 5.32 Å². The Morgan fingerprint density at radius 1 is 0.719 bits per heavy atom. The van der Waals surface area contributed by atoms with Crippen LogP contribution in [-0.2, 0) is 14.4 Å². The molecule has 0 aliphatic heterocycles. The molecular formula is C25H40ClN3O3. The number of amides is 3. The molecule has 0 atom stereocenters. The van der Waals surface area contributed by atoms with E-state index in [0.29, 0.717) is 17.1 Å². The fourth-order valence-corrected chi connectivity index (χ4v) is 3.57. The summed E-state index contributed by atoms with van der Waals surface area (Å²) in [4.78, 5) is 35.7. The van der Waals surface area contributed by atoms with Crippen LogP contribution in [0.1, 0.15) is 102 Å². The number of anilines is 1. The maximum absolute atomic E-state index is 12.0. The van der Waals surface area contributed by atoms with E-state index in [1.807, 2.05) is 6.92 Å². The summed E-state index contributed by atoms with van der Waals surface area (Å²) in [6, 6.07) is 5.26. The largest absolute Gasteiger partial charge is 0.326 e. The molecule has 0 radical (unpaired) electrons. The molecule has 180 valence electrons. The average molecular weight is 466 g/mol. The Morgan fingerprint density at radius 2 is 1.22 bits per heavy atom. The Kier molecular flexibility index (Phi) is 15.3. The van der Waals surface area contributed by atoms with Gasteiger partial charge in [0, 0.05) is 30.0 Å². The molecule has 0 saturated heterocycles. The van der Waals surface area contributed by atoms with Crippen LogP contribution >= 0.6 is 11.6 Å². The predicted molar refractivity (Wildman–Crippen MR) is 131 cm³/mol. The molecule has 0 spiro atoms. The van der Waals surface area contributed by atoms with Crippen molar-refractivity contribution in [1.29, 1.82) is 0 Å². The minimum absolute atomic E-state index is 0.00975. The molecule has 7 heteroatoms. The van der Waals surface area contributed by atoms with Crippen LogP contribution in [0.4, 0.5) is 5.69 Å². The van der Waals surface area contributed by atoms with E-state index in [-0.39, 0.29) is 24.7 Å². The number of halogens is 1. The maximum atomic E-state index is 12.0. The van der Waals surface area contributed by atoms with E-state index in [4.69, 9.17) is 11.6 Å². The second-order valence-corrected chi connectivity index (χ2v) is 8.75. The van der Waals surface area contributed by atoms with E-state index in [1.165, 1.54) is 51.4 Å². The van der Waals surface area contributed by atoms with Gasteiger partial charge in [-0.3, -0.25) is 25.2 Å². The maximum Gasteiger partial charge on any atom is 0.238 e. The number of benzene rings is 1. The van der Waals surface area contributed by atoms with E-state index >= 15 is 0 Å². The number of hydrazine groups is 1. The highest BCUT2D eigenvalue weighted by Crippen LogP contribution is 2.23. The van der Waals surface area contributed by atoms with Crippen molar-refractivity contribution in [3.05, 3.63) is 28.8 Å². The van der Waals surface area contributed by atoms with Crippen molar-refractivity contribution in [2.24, 2.45) is 0 Å². The Morgan fingerprint density at radius 3 is 1.81 bits per heavy atom. The van der Waals surface area contributed by atoms with Gasteiger partial charge >= 0.3 is 0 Å². The van der Waals surface area contributed by atoms with Gasteiger partial charge in [-0.2, -0.15) is 0 Å². The predicted octanol–water partition coefficient (Wildman–Crippen LogP) is 6.22. The van der Waals surface area contributed by atoms with E-state index in [0.717, 1.165) is 24.8 Å². The zero-order valence-corrected chi connectivity index (χ0v) is 20.5. The van der Waals surface area contributed by atoms with Crippen LogP contribution in [0.2, 0.25) is 5.02 Å². The van der Waals surface area contributed by atoms with Crippen LogP contribution in [0.15, 0.2) is 18.2 Å². The van der Waals surface area contributed by atoms with E-state index in [1.54, 1.807) is 18.2 Å². The number of unbranched alkanes of at least 4 members (excludes halogenated alkanes) is 10. The Hall–Kier alpha value is -2.08. The third-order valence-electron chi connectivity index (χ3n) is 5.47. The van der Waals surface area contributed by atoms with E-state index in [2.05, 4.69) is 23.1 Å². The summed E-state index contributed by atoms with van der Waals surface area (Å²) in [5.41, 5.74) is 6.20. The molecule has 6 nitrogen and oxygen atoms in total. The molecular weight excluding hydrogens is 426 g/mol. The van der Waals surface area contributed by atoms with Crippen molar-refractivity contribution < 1.29 is 14.4 Å². The first kappa shape index (κ1) is 28.0. The smallest absolute Gasteiger partial charge is 0.238 e. The summed E-state index contributed by atoms with van der Waals surface area (Å²) in [7, 11) is 0. The second-order valence-electron chi connectivity index (χ2n) is 8.34. The standard InChI is InChI=1S/C25H40ClN3O3/c1-3-4-5-6-7-8-9-10-11-12-13-17-24(31)28-29-25(32)19-18-23(30)27-22-16-14-15-21(26)20(22)2/h14-16H,3-13,17-19H2,1-2H3,(H,27,30)(H,28,31)(H,29,32). The van der Waals surface area contributed by atoms with Crippen LogP contribution in [-0.4, -0.2) is 17.7 Å². The molecule has 0 aliphatic rings. The molecule has 32 heavy (non-hydrogen) atoms. The summed E-state index contributed by atoms with van der Waals surface area (Å²) in [5, 5.41) is 3.31. The van der Waals surface area contributed by atoms with Crippen molar-refractivity contribution in [2.75, 3.05) is 5.32 Å². The molecule has 1 aromatic rings. The van der Waals surface area contributed by atoms with Crippen molar-refractivity contribution >= 4 is 35.0 Å². The first-order valence-electron chi connectivity index (χ1n) is 12.1. The minimum Gasteiger partial charge on any atom is -0.326 e. The quantitative estimate of drug-likeness (QED) is 0.200. The Bertz CT molecular complexity index is 710. The third kappa shape index (κ3) is 13.4. The van der Waals surface area contributed by atoms with Crippen LogP contribution in [0, 0.1) is 6.92 Å². The highest BCUT2D eigenvalue weighted by molar-refractivity contribution is 6.31. The van der Waals surface area contributed by atoms with E-state index in [9.17, 15) is 14.4 Å². The molecule has 0 fully saturated rings. The normalized spacial score (nSPS) is 10.6. The number of hydrogen-bond donors (Lipinski definition) is 3. The summed E-state index contributed by atoms with van der Waals surface area (Å²) in [5.74, 6) is -0.874. The van der Waals surface area contributed by atoms with Crippen molar-refractivity contribution in [1.82, 2.24) is 10.9 Å². The molecule has 0 unspecified atom stereocenters. The van der Waals surface area contributed by atoms with Crippen molar-refractivity contribution in [3.8, 4) is 0 Å². The lowest BCUT2D eigenvalue weighted by atomic mass is 10.1. The van der Waals surface area contributed by atoms with Crippen LogP contribution < -0.4 is 16.2 Å². The number of hydrogen-bond acceptors (Lipinski definition) is 3. The fourth-order valence-electron chi connectivity index (χ4n) is 3.40. The Labute approximate surface area is 198 Å². The molecule has 0 saturated carbocycles. The molecule has 0 heterocycles. The van der Waals surface area contributed by atoms with Gasteiger partial charge in [0.2, 0.25) is 17.7 Å². The van der Waals surface area contributed by atoms with Gasteiger partial charge in [0.1, 0.15) is 0 Å². The number of carbonyl (C=O) groups excluding carboxylic acids is 3. The zero-order chi connectivity index (χ0) is 23.6. The van der Waals surface area contributed by atoms with Gasteiger partial charge in [0.05, 0.1) is 0 Å². The lowest BCUT2D eigenvalue weighted by molar-refractivity contribution is -0.129. The first-order valence-corrected chi connectivity index (χ1v) is 12.4. The van der Waals surface area contributed by atoms with Crippen molar-refractivity contribution in [2.45, 2.75) is 104 Å². The number of carbonyl (C=O) groups is 3. The van der Waals surface area contributed by atoms with E-state index < -0.39 is 5.91 Å². The zero-order valence-electron chi connectivity index (χ0n) is 19.7. The molecule has 3 amide bonds. The summed E-state index contributed by atoms with van der Waals surface area (Å²) >= 11 is 6.03. The topological polar surface area (TPSA) is 87.3 Å². The molecule has 1 rings (SSSR count). The summed E-state index contributed by atoms with van der Waals surface area (Å²) in [6.07, 6.45) is 13.9. The lowest BCUT2D eigenvalue weighted by Gasteiger charge is -2.10. The lowest BCUT2D eigenvalue weighted by Crippen LogP contribution is -2.41. The molecule has 1 aromatic carbocycles. The van der Waals surface area contributed by atoms with Gasteiger partial charge in [-0.1, -0.05) is 88.8 Å². The highest BCUT2D eigenvalue weighted by atomic mass is 35.5. The van der Waals surface area contributed by atoms with Gasteiger partial charge in [-0.15, -0.1) is 0 Å². The molecule has 0 aliphatic carbocycles. The minimum atomic E-state index is -0.393. The summed E-state index contributed by atoms with van der Waals surface area (Å²) < 4.78 is 0. The monoisotopic (exact) mass is 465 g/mol. The SMILES string of the molecule is CCCCCCCCCCCCCC(=O)NNC(=O)CCC(=O)Nc1cccc(Cl)c1C. The van der Waals surface area contributed by atoms with Crippen LogP contribution in [0.25, 0.3) is 0 Å². The third-order valence-corrected chi connectivity index (χ3v) is 5.88. The average Bonchev–Trinajstić information content (AvgIpc) is 2.77. The van der Waals surface area contributed by atoms with Crippen LogP contribution in [0.3, 0.4) is 0 Å². The van der Waals surface area contributed by atoms with Gasteiger partial charge in [0.15, 0.2) is 0 Å². The Balaban J connectivity index is 2.01. The second kappa shape index (κ2) is 17.5. The van der Waals surface area contributed by atoms with Gasteiger partial charge in [0.25, 0.3) is 0 Å². The van der Waals surface area contributed by atoms with Crippen molar-refractivity contribution in [3.63, 3.8) is 0 Å².